The summed E-state index contributed by atoms with van der Waals surface area (Å²) in [5, 5.41) is 2.40. The highest BCUT2D eigenvalue weighted by molar-refractivity contribution is 7.78. The average Bonchev–Trinajstić information content (AvgIpc) is 2.38. The Morgan fingerprint density at radius 2 is 2.60 bits per heavy atom. The lowest BCUT2D eigenvalue weighted by Crippen LogP contribution is -2.14. The summed E-state index contributed by atoms with van der Waals surface area (Å²) in [6, 6.07) is 0.292. The maximum absolute atomic E-state index is 5.20. The molecule has 0 spiro atoms. The van der Waals surface area contributed by atoms with Crippen LogP contribution in [0.15, 0.2) is 4.99 Å². The third-order valence-electron chi connectivity index (χ3n) is 1.90. The molecule has 0 radical (unpaired) electrons. The summed E-state index contributed by atoms with van der Waals surface area (Å²) in [5.74, 6) is 0.565. The van der Waals surface area contributed by atoms with E-state index < -0.39 is 0 Å². The molecule has 1 rings (SSSR count). The Morgan fingerprint density at radius 1 is 1.80 bits per heavy atom. The zero-order valence-corrected chi connectivity index (χ0v) is 6.86. The summed E-state index contributed by atoms with van der Waals surface area (Å²) >= 11 is 4.51. The second-order valence-electron chi connectivity index (χ2n) is 2.58. The van der Waals surface area contributed by atoms with Gasteiger partial charge in [-0.2, -0.15) is 0 Å². The predicted molar refractivity (Wildman–Crippen MR) is 43.4 cm³/mol. The molecule has 2 unspecified atom stereocenters. The van der Waals surface area contributed by atoms with Crippen LogP contribution in [0.4, 0.5) is 0 Å². The van der Waals surface area contributed by atoms with Gasteiger partial charge in [-0.15, -0.1) is 0 Å². The molecule has 1 fully saturated rings. The number of hydrogen-bond acceptors (Lipinski definition) is 3. The molecule has 56 valence electrons. The molecule has 0 N–H and O–H groups in total. The third-order valence-corrected chi connectivity index (χ3v) is 2.01. The Balaban J connectivity index is 2.39. The fourth-order valence-corrected chi connectivity index (χ4v) is 1.29. The number of hydrogen-bond donors (Lipinski definition) is 0. The highest BCUT2D eigenvalue weighted by Crippen LogP contribution is 2.18. The third kappa shape index (κ3) is 1.87. The summed E-state index contributed by atoms with van der Waals surface area (Å²) in [7, 11) is 0. The van der Waals surface area contributed by atoms with Gasteiger partial charge in [0.05, 0.1) is 17.8 Å². The van der Waals surface area contributed by atoms with Crippen LogP contribution in [0, 0.1) is 5.92 Å². The maximum Gasteiger partial charge on any atom is 0.0625 e. The normalized spacial score (nSPS) is 27.5. The van der Waals surface area contributed by atoms with E-state index in [4.69, 9.17) is 4.74 Å². The fraction of sp³-hybridized carbons (Fsp3) is 0.857. The molecule has 0 amide bonds. The Hall–Kier alpha value is -0.240. The number of thiocarbonyl (C=S) groups is 1. The van der Waals surface area contributed by atoms with Crippen LogP contribution in [0.1, 0.15) is 13.3 Å². The van der Waals surface area contributed by atoms with E-state index in [0.717, 1.165) is 19.6 Å². The lowest BCUT2D eigenvalue weighted by molar-refractivity contribution is 0.182. The minimum Gasteiger partial charge on any atom is -0.381 e. The number of rotatable bonds is 2. The standard InChI is InChI=1S/C7H11NOS/c1-6(8-5-10)7-2-3-9-4-7/h6-7H,2-4H2,1H3. The molecule has 0 saturated carbocycles. The van der Waals surface area contributed by atoms with Gasteiger partial charge in [-0.25, -0.2) is 4.99 Å². The van der Waals surface area contributed by atoms with E-state index in [2.05, 4.69) is 29.3 Å². The molecular weight excluding hydrogens is 146 g/mol. The van der Waals surface area contributed by atoms with Crippen LogP contribution in [-0.4, -0.2) is 24.4 Å². The van der Waals surface area contributed by atoms with Gasteiger partial charge in [0.2, 0.25) is 0 Å². The van der Waals surface area contributed by atoms with Crippen molar-refractivity contribution in [3.63, 3.8) is 0 Å². The van der Waals surface area contributed by atoms with Crippen molar-refractivity contribution in [2.24, 2.45) is 10.9 Å². The van der Waals surface area contributed by atoms with Crippen molar-refractivity contribution < 1.29 is 4.74 Å². The topological polar surface area (TPSA) is 21.6 Å². The molecule has 3 heteroatoms. The van der Waals surface area contributed by atoms with Crippen LogP contribution in [0.25, 0.3) is 0 Å². The van der Waals surface area contributed by atoms with E-state index in [1.165, 1.54) is 0 Å². The van der Waals surface area contributed by atoms with Gasteiger partial charge in [-0.3, -0.25) is 0 Å². The van der Waals surface area contributed by atoms with E-state index in [0.29, 0.717) is 12.0 Å². The van der Waals surface area contributed by atoms with Gasteiger partial charge in [-0.1, -0.05) is 0 Å². The zero-order valence-electron chi connectivity index (χ0n) is 6.04. The Kier molecular flexibility index (Phi) is 3.00. The number of isothiocyanates is 1. The first-order valence-corrected chi connectivity index (χ1v) is 3.90. The van der Waals surface area contributed by atoms with Crippen LogP contribution in [0.2, 0.25) is 0 Å². The summed E-state index contributed by atoms with van der Waals surface area (Å²) in [6.45, 7) is 3.77. The minimum atomic E-state index is 0.292. The largest absolute Gasteiger partial charge is 0.381 e. The van der Waals surface area contributed by atoms with Gasteiger partial charge in [0, 0.05) is 12.5 Å². The predicted octanol–water partition coefficient (Wildman–Crippen LogP) is 1.51. The maximum atomic E-state index is 5.20. The van der Waals surface area contributed by atoms with Gasteiger partial charge in [0.1, 0.15) is 0 Å². The summed E-state index contributed by atoms with van der Waals surface area (Å²) in [6.07, 6.45) is 1.11. The number of ether oxygens (including phenoxy) is 1. The molecule has 1 aliphatic heterocycles. The molecule has 2 nitrogen and oxygen atoms in total. The van der Waals surface area contributed by atoms with Gasteiger partial charge in [-0.05, 0) is 25.6 Å². The van der Waals surface area contributed by atoms with Crippen molar-refractivity contribution >= 4 is 17.4 Å². The summed E-state index contributed by atoms with van der Waals surface area (Å²) in [4.78, 5) is 3.99. The van der Waals surface area contributed by atoms with Crippen molar-refractivity contribution in [1.82, 2.24) is 0 Å². The van der Waals surface area contributed by atoms with Crippen LogP contribution in [0.5, 0.6) is 0 Å². The number of aliphatic imine (C=N–C) groups is 1. The molecule has 2 atom stereocenters. The van der Waals surface area contributed by atoms with Crippen molar-refractivity contribution in [2.75, 3.05) is 13.2 Å². The monoisotopic (exact) mass is 157 g/mol. The second-order valence-corrected chi connectivity index (χ2v) is 2.77. The van der Waals surface area contributed by atoms with E-state index >= 15 is 0 Å². The Labute approximate surface area is 66.3 Å². The molecule has 0 aromatic carbocycles. The van der Waals surface area contributed by atoms with Crippen LogP contribution in [-0.2, 0) is 4.74 Å². The van der Waals surface area contributed by atoms with E-state index in [9.17, 15) is 0 Å². The lowest BCUT2D eigenvalue weighted by Gasteiger charge is -2.09. The van der Waals surface area contributed by atoms with Gasteiger partial charge >= 0.3 is 0 Å². The van der Waals surface area contributed by atoms with E-state index in [-0.39, 0.29) is 0 Å². The average molecular weight is 157 g/mol. The summed E-state index contributed by atoms with van der Waals surface area (Å²) < 4.78 is 5.20. The minimum absolute atomic E-state index is 0.292. The first kappa shape index (κ1) is 7.86. The molecule has 1 heterocycles. The van der Waals surface area contributed by atoms with Crippen LogP contribution >= 0.6 is 12.2 Å². The SMILES string of the molecule is CC(N=C=S)C1CCOC1. The van der Waals surface area contributed by atoms with Crippen molar-refractivity contribution in [1.29, 1.82) is 0 Å². The quantitative estimate of drug-likeness (QED) is 0.447. The molecule has 1 aliphatic rings. The van der Waals surface area contributed by atoms with Crippen molar-refractivity contribution in [3.8, 4) is 0 Å². The van der Waals surface area contributed by atoms with E-state index in [1.54, 1.807) is 0 Å². The first-order valence-electron chi connectivity index (χ1n) is 3.49. The van der Waals surface area contributed by atoms with Crippen LogP contribution < -0.4 is 0 Å². The second kappa shape index (κ2) is 3.81. The molecular formula is C7H11NOS. The molecule has 0 aromatic heterocycles. The van der Waals surface area contributed by atoms with Gasteiger partial charge < -0.3 is 4.74 Å². The van der Waals surface area contributed by atoms with Crippen LogP contribution in [0.3, 0.4) is 0 Å². The Morgan fingerprint density at radius 3 is 3.10 bits per heavy atom. The Bertz CT molecular complexity index is 148. The highest BCUT2D eigenvalue weighted by atomic mass is 32.1. The fourth-order valence-electron chi connectivity index (χ4n) is 1.12. The van der Waals surface area contributed by atoms with Crippen molar-refractivity contribution in [2.45, 2.75) is 19.4 Å². The lowest BCUT2D eigenvalue weighted by atomic mass is 10.0. The smallest absolute Gasteiger partial charge is 0.0625 e. The highest BCUT2D eigenvalue weighted by Gasteiger charge is 2.21. The van der Waals surface area contributed by atoms with Gasteiger partial charge in [0.15, 0.2) is 0 Å². The summed E-state index contributed by atoms with van der Waals surface area (Å²) in [5.41, 5.74) is 0. The van der Waals surface area contributed by atoms with E-state index in [1.807, 2.05) is 0 Å². The zero-order chi connectivity index (χ0) is 7.40. The number of nitrogens with zero attached hydrogens (tertiary/aromatic N) is 1. The molecule has 1 saturated heterocycles. The van der Waals surface area contributed by atoms with Gasteiger partial charge in [0.25, 0.3) is 0 Å². The first-order chi connectivity index (χ1) is 4.84. The molecule has 0 bridgehead atoms. The molecule has 0 aromatic rings. The molecule has 10 heavy (non-hydrogen) atoms. The molecule has 0 aliphatic carbocycles. The van der Waals surface area contributed by atoms with Crippen molar-refractivity contribution in [3.05, 3.63) is 0 Å².